The van der Waals surface area contributed by atoms with Gasteiger partial charge in [-0.3, -0.25) is 0 Å². The molecule has 0 bridgehead atoms. The van der Waals surface area contributed by atoms with Gasteiger partial charge in [-0.05, 0) is 59.2 Å². The van der Waals surface area contributed by atoms with E-state index in [9.17, 15) is 0 Å². The Balaban J connectivity index is 1.06. The standard InChI is InChI=1S/C45H30N4O/c1-2-12-30(13-3-1)43-46-44(48-45(47-43)37-19-11-23-41-42(37)36-18-6-9-22-40(36)50-41)32-15-10-14-31(28-32)29-24-26-33(27-25-29)49-38-20-7-4-16-34(38)35-17-5-8-21-39(35)49/h1-28,43H,(H,46,47,48). The maximum absolute atomic E-state index is 6.23. The van der Waals surface area contributed by atoms with Gasteiger partial charge < -0.3 is 14.3 Å². The van der Waals surface area contributed by atoms with E-state index in [4.69, 9.17) is 14.4 Å². The molecule has 1 N–H and O–H groups in total. The third-order valence-electron chi connectivity index (χ3n) is 9.68. The van der Waals surface area contributed by atoms with Gasteiger partial charge >= 0.3 is 0 Å². The number of hydrogen-bond acceptors (Lipinski definition) is 4. The van der Waals surface area contributed by atoms with Crippen molar-refractivity contribution >= 4 is 55.4 Å². The van der Waals surface area contributed by atoms with Gasteiger partial charge in [-0.1, -0.05) is 127 Å². The zero-order valence-electron chi connectivity index (χ0n) is 27.0. The van der Waals surface area contributed by atoms with E-state index in [1.807, 2.05) is 48.5 Å². The highest BCUT2D eigenvalue weighted by molar-refractivity contribution is 6.21. The summed E-state index contributed by atoms with van der Waals surface area (Å²) in [5.74, 6) is 1.45. The minimum absolute atomic E-state index is 0.304. The highest BCUT2D eigenvalue weighted by Crippen LogP contribution is 2.35. The van der Waals surface area contributed by atoms with E-state index in [2.05, 4.69) is 131 Å². The fourth-order valence-electron chi connectivity index (χ4n) is 7.33. The summed E-state index contributed by atoms with van der Waals surface area (Å²) in [6.07, 6.45) is -0.304. The average Bonchev–Trinajstić information content (AvgIpc) is 3.74. The molecule has 5 nitrogen and oxygen atoms in total. The number of rotatable bonds is 5. The number of aliphatic imine (C=N–C) groups is 2. The Hall–Kier alpha value is -6.72. The van der Waals surface area contributed by atoms with Crippen LogP contribution in [-0.4, -0.2) is 16.2 Å². The Labute approximate surface area is 288 Å². The van der Waals surface area contributed by atoms with Crippen molar-refractivity contribution in [3.8, 4) is 16.8 Å². The Morgan fingerprint density at radius 2 is 1.16 bits per heavy atom. The SMILES string of the molecule is c1ccc(C2N=C(c3cccc(-c4ccc(-n5c6ccccc6c6ccccc65)cc4)c3)N=C(c3cccc4oc5ccccc5c34)N2)cc1. The summed E-state index contributed by atoms with van der Waals surface area (Å²) in [6.45, 7) is 0. The van der Waals surface area contributed by atoms with Crippen molar-refractivity contribution < 1.29 is 4.42 Å². The predicted molar refractivity (Wildman–Crippen MR) is 205 cm³/mol. The summed E-state index contributed by atoms with van der Waals surface area (Å²) in [5, 5.41) is 8.26. The molecule has 1 aliphatic heterocycles. The van der Waals surface area contributed by atoms with Crippen molar-refractivity contribution in [2.45, 2.75) is 6.17 Å². The fourth-order valence-corrected chi connectivity index (χ4v) is 7.33. The van der Waals surface area contributed by atoms with E-state index in [-0.39, 0.29) is 6.17 Å². The van der Waals surface area contributed by atoms with Gasteiger partial charge in [0.15, 0.2) is 5.84 Å². The van der Waals surface area contributed by atoms with Crippen molar-refractivity contribution in [3.63, 3.8) is 0 Å². The smallest absolute Gasteiger partial charge is 0.159 e. The first kappa shape index (κ1) is 28.3. The van der Waals surface area contributed by atoms with Gasteiger partial charge in [0.05, 0.1) is 11.0 Å². The lowest BCUT2D eigenvalue weighted by atomic mass is 10.0. The zero-order valence-corrected chi connectivity index (χ0v) is 27.0. The topological polar surface area (TPSA) is 54.8 Å². The van der Waals surface area contributed by atoms with Gasteiger partial charge in [0.1, 0.15) is 23.2 Å². The van der Waals surface area contributed by atoms with Gasteiger partial charge in [0, 0.05) is 38.4 Å². The maximum Gasteiger partial charge on any atom is 0.159 e. The number of nitrogens with one attached hydrogen (secondary N) is 1. The molecule has 0 radical (unpaired) electrons. The monoisotopic (exact) mass is 642 g/mol. The molecule has 0 amide bonds. The van der Waals surface area contributed by atoms with Crippen LogP contribution in [0.4, 0.5) is 0 Å². The number of amidine groups is 2. The Morgan fingerprint density at radius 1 is 0.520 bits per heavy atom. The van der Waals surface area contributed by atoms with E-state index in [0.717, 1.165) is 61.3 Å². The molecular weight excluding hydrogens is 613 g/mol. The lowest BCUT2D eigenvalue weighted by molar-refractivity contribution is 0.667. The molecule has 5 heteroatoms. The largest absolute Gasteiger partial charge is 0.456 e. The van der Waals surface area contributed by atoms with Gasteiger partial charge in [-0.25, -0.2) is 9.98 Å². The summed E-state index contributed by atoms with van der Waals surface area (Å²) < 4.78 is 8.58. The van der Waals surface area contributed by atoms with Crippen molar-refractivity contribution in [1.29, 1.82) is 0 Å². The van der Waals surface area contributed by atoms with Gasteiger partial charge in [-0.15, -0.1) is 0 Å². The number of benzene rings is 7. The number of hydrogen-bond donors (Lipinski definition) is 1. The molecule has 10 rings (SSSR count). The summed E-state index contributed by atoms with van der Waals surface area (Å²) in [7, 11) is 0. The number of fused-ring (bicyclic) bond motifs is 6. The molecule has 9 aromatic rings. The lowest BCUT2D eigenvalue weighted by Gasteiger charge is -2.24. The Bertz CT molecular complexity index is 2730. The van der Waals surface area contributed by atoms with Gasteiger partial charge in [0.25, 0.3) is 0 Å². The Morgan fingerprint density at radius 3 is 1.94 bits per heavy atom. The van der Waals surface area contributed by atoms with Crippen molar-refractivity contribution in [2.24, 2.45) is 9.98 Å². The minimum Gasteiger partial charge on any atom is -0.456 e. The van der Waals surface area contributed by atoms with Crippen LogP contribution in [0.3, 0.4) is 0 Å². The molecule has 3 heterocycles. The molecule has 1 aliphatic rings. The molecule has 0 aliphatic carbocycles. The number of aromatic nitrogens is 1. The highest BCUT2D eigenvalue weighted by atomic mass is 16.3. The third kappa shape index (κ3) is 4.63. The van der Waals surface area contributed by atoms with E-state index in [1.54, 1.807) is 0 Å². The Kier molecular flexibility index (Phi) is 6.49. The number of para-hydroxylation sites is 3. The van der Waals surface area contributed by atoms with Crippen LogP contribution in [-0.2, 0) is 0 Å². The van der Waals surface area contributed by atoms with Crippen LogP contribution in [0.1, 0.15) is 22.9 Å². The second-order valence-corrected chi connectivity index (χ2v) is 12.6. The average molecular weight is 643 g/mol. The molecule has 0 saturated heterocycles. The summed E-state index contributed by atoms with van der Waals surface area (Å²) in [5.41, 5.74) is 10.5. The van der Waals surface area contributed by atoms with Crippen LogP contribution in [0.5, 0.6) is 0 Å². The highest BCUT2D eigenvalue weighted by Gasteiger charge is 2.24. The van der Waals surface area contributed by atoms with Gasteiger partial charge in [-0.2, -0.15) is 0 Å². The van der Waals surface area contributed by atoms with Crippen molar-refractivity contribution in [1.82, 2.24) is 9.88 Å². The zero-order chi connectivity index (χ0) is 33.0. The van der Waals surface area contributed by atoms with E-state index < -0.39 is 0 Å². The van der Waals surface area contributed by atoms with Crippen molar-refractivity contribution in [3.05, 3.63) is 187 Å². The summed E-state index contributed by atoms with van der Waals surface area (Å²) in [4.78, 5) is 10.3. The fraction of sp³-hybridized carbons (Fsp3) is 0.0222. The van der Waals surface area contributed by atoms with Crippen LogP contribution in [0.15, 0.2) is 184 Å². The van der Waals surface area contributed by atoms with Crippen LogP contribution in [0.2, 0.25) is 0 Å². The number of nitrogens with zero attached hydrogens (tertiary/aromatic N) is 3. The molecular formula is C45H30N4O. The lowest BCUT2D eigenvalue weighted by Crippen LogP contribution is -2.33. The number of furan rings is 1. The first-order chi connectivity index (χ1) is 24.8. The molecule has 1 unspecified atom stereocenters. The molecule has 7 aromatic carbocycles. The summed E-state index contributed by atoms with van der Waals surface area (Å²) >= 11 is 0. The third-order valence-corrected chi connectivity index (χ3v) is 9.68. The van der Waals surface area contributed by atoms with E-state index >= 15 is 0 Å². The molecule has 0 saturated carbocycles. The van der Waals surface area contributed by atoms with Crippen LogP contribution >= 0.6 is 0 Å². The quantitative estimate of drug-likeness (QED) is 0.203. The first-order valence-electron chi connectivity index (χ1n) is 16.9. The molecule has 1 atom stereocenters. The normalized spacial score (nSPS) is 14.6. The van der Waals surface area contributed by atoms with E-state index in [1.165, 1.54) is 21.8 Å². The van der Waals surface area contributed by atoms with Crippen LogP contribution in [0, 0.1) is 0 Å². The van der Waals surface area contributed by atoms with E-state index in [0.29, 0.717) is 5.84 Å². The van der Waals surface area contributed by atoms with Crippen LogP contribution in [0.25, 0.3) is 60.6 Å². The molecule has 236 valence electrons. The van der Waals surface area contributed by atoms with Crippen molar-refractivity contribution in [2.75, 3.05) is 0 Å². The molecule has 0 fully saturated rings. The second-order valence-electron chi connectivity index (χ2n) is 12.6. The maximum atomic E-state index is 6.23. The minimum atomic E-state index is -0.304. The van der Waals surface area contributed by atoms with Gasteiger partial charge in [0.2, 0.25) is 0 Å². The van der Waals surface area contributed by atoms with Crippen LogP contribution < -0.4 is 5.32 Å². The summed E-state index contributed by atoms with van der Waals surface area (Å²) in [6, 6.07) is 59.2. The first-order valence-corrected chi connectivity index (χ1v) is 16.9. The molecule has 2 aromatic heterocycles. The molecule has 0 spiro atoms. The molecule has 50 heavy (non-hydrogen) atoms. The predicted octanol–water partition coefficient (Wildman–Crippen LogP) is 10.8. The second kappa shape index (κ2) is 11.5.